The maximum absolute atomic E-state index is 13.2. The van der Waals surface area contributed by atoms with Crippen LogP contribution in [0.25, 0.3) is 22.3 Å². The van der Waals surface area contributed by atoms with Gasteiger partial charge in [0.1, 0.15) is 17.7 Å². The van der Waals surface area contributed by atoms with Crippen molar-refractivity contribution in [3.05, 3.63) is 95.8 Å². The Morgan fingerprint density at radius 2 is 1.74 bits per heavy atom. The number of rotatable bonds is 8. The number of anilines is 1. The van der Waals surface area contributed by atoms with Crippen molar-refractivity contribution in [3.63, 3.8) is 0 Å². The summed E-state index contributed by atoms with van der Waals surface area (Å²) in [5, 5.41) is 0. The maximum Gasteiger partial charge on any atom is 0.271 e. The molecule has 3 heterocycles. The second kappa shape index (κ2) is 10.1. The van der Waals surface area contributed by atoms with Crippen molar-refractivity contribution >= 4 is 33.4 Å². The van der Waals surface area contributed by atoms with Crippen LogP contribution in [-0.4, -0.2) is 39.3 Å². The van der Waals surface area contributed by atoms with Gasteiger partial charge in [-0.25, -0.2) is 28.4 Å². The average molecular weight is 527 g/mol. The predicted octanol–water partition coefficient (Wildman–Crippen LogP) is 4.47. The third kappa shape index (κ3) is 4.54. The summed E-state index contributed by atoms with van der Waals surface area (Å²) in [5.74, 6) is 0.937. The van der Waals surface area contributed by atoms with E-state index in [1.54, 1.807) is 18.2 Å². The van der Waals surface area contributed by atoms with Gasteiger partial charge in [-0.1, -0.05) is 49.4 Å². The minimum atomic E-state index is -4.15. The molecule has 9 nitrogen and oxygen atoms in total. The number of sulfonamides is 1. The van der Waals surface area contributed by atoms with Gasteiger partial charge in [0.05, 0.1) is 11.4 Å². The highest BCUT2D eigenvalue weighted by Gasteiger charge is 2.28. The van der Waals surface area contributed by atoms with Gasteiger partial charge in [-0.2, -0.15) is 4.31 Å². The lowest BCUT2D eigenvalue weighted by molar-refractivity contribution is -0.106. The molecule has 38 heavy (non-hydrogen) atoms. The highest BCUT2D eigenvalue weighted by molar-refractivity contribution is 7.93. The summed E-state index contributed by atoms with van der Waals surface area (Å²) in [7, 11) is -4.15. The van der Waals surface area contributed by atoms with Crippen molar-refractivity contribution in [2.75, 3.05) is 4.31 Å². The van der Waals surface area contributed by atoms with E-state index in [1.165, 1.54) is 24.7 Å². The fraction of sp³-hybridized carbons (Fsp3) is 0.179. The number of imidazole rings is 1. The third-order valence-corrected chi connectivity index (χ3v) is 7.96. The van der Waals surface area contributed by atoms with Gasteiger partial charge in [0, 0.05) is 23.9 Å². The van der Waals surface area contributed by atoms with E-state index < -0.39 is 10.0 Å². The number of aryl methyl sites for hydroxylation is 3. The van der Waals surface area contributed by atoms with Crippen molar-refractivity contribution in [2.24, 2.45) is 0 Å². The quantitative estimate of drug-likeness (QED) is 0.274. The second-order valence-corrected chi connectivity index (χ2v) is 10.7. The van der Waals surface area contributed by atoms with Crippen LogP contribution in [0, 0.1) is 13.8 Å². The van der Waals surface area contributed by atoms with Crippen LogP contribution in [-0.2, 0) is 27.8 Å². The van der Waals surface area contributed by atoms with Gasteiger partial charge in [-0.3, -0.25) is 4.79 Å². The first kappa shape index (κ1) is 25.2. The molecule has 10 heteroatoms. The zero-order chi connectivity index (χ0) is 26.9. The van der Waals surface area contributed by atoms with Crippen LogP contribution in [0.3, 0.4) is 0 Å². The molecule has 0 saturated carbocycles. The molecular formula is C28H26N6O3S. The van der Waals surface area contributed by atoms with Crippen LogP contribution in [0.4, 0.5) is 5.82 Å². The summed E-state index contributed by atoms with van der Waals surface area (Å²) in [5.41, 5.74) is 5.91. The first-order valence-corrected chi connectivity index (χ1v) is 13.5. The summed E-state index contributed by atoms with van der Waals surface area (Å²) >= 11 is 0. The Bertz CT molecular complexity index is 1730. The predicted molar refractivity (Wildman–Crippen MR) is 145 cm³/mol. The summed E-state index contributed by atoms with van der Waals surface area (Å²) in [6.45, 7) is 6.67. The molecule has 192 valence electrons. The van der Waals surface area contributed by atoms with Crippen LogP contribution in [0.2, 0.25) is 0 Å². The smallest absolute Gasteiger partial charge is 0.271 e. The number of hydrogen-bond donors (Lipinski definition) is 0. The fourth-order valence-corrected chi connectivity index (χ4v) is 5.70. The van der Waals surface area contributed by atoms with Crippen LogP contribution in [0.15, 0.2) is 78.1 Å². The highest BCUT2D eigenvalue weighted by atomic mass is 32.2. The van der Waals surface area contributed by atoms with E-state index in [9.17, 15) is 13.2 Å². The van der Waals surface area contributed by atoms with Gasteiger partial charge in [0.25, 0.3) is 10.0 Å². The van der Waals surface area contributed by atoms with E-state index in [0.717, 1.165) is 40.2 Å². The van der Waals surface area contributed by atoms with Gasteiger partial charge in [0.2, 0.25) is 6.41 Å². The minimum absolute atomic E-state index is 0.00891. The molecule has 5 aromatic rings. The lowest BCUT2D eigenvalue weighted by atomic mass is 10.1. The summed E-state index contributed by atoms with van der Waals surface area (Å²) in [6, 6.07) is 17.4. The van der Waals surface area contributed by atoms with E-state index in [1.807, 2.05) is 44.2 Å². The van der Waals surface area contributed by atoms with Crippen molar-refractivity contribution in [1.82, 2.24) is 24.5 Å². The molecule has 0 saturated heterocycles. The Labute approximate surface area is 220 Å². The van der Waals surface area contributed by atoms with E-state index in [0.29, 0.717) is 22.0 Å². The molecule has 0 aliphatic carbocycles. The molecule has 0 aliphatic heterocycles. The molecule has 0 unspecified atom stereocenters. The van der Waals surface area contributed by atoms with Gasteiger partial charge in [-0.15, -0.1) is 0 Å². The van der Waals surface area contributed by atoms with Crippen LogP contribution >= 0.6 is 0 Å². The van der Waals surface area contributed by atoms with Gasteiger partial charge in [-0.05, 0) is 48.7 Å². The molecule has 5 rings (SSSR count). The number of nitrogens with zero attached hydrogens (tertiary/aromatic N) is 6. The molecule has 1 amide bonds. The number of aromatic nitrogens is 5. The maximum atomic E-state index is 13.2. The summed E-state index contributed by atoms with van der Waals surface area (Å²) in [4.78, 5) is 29.8. The number of amides is 1. The highest BCUT2D eigenvalue weighted by Crippen LogP contribution is 2.31. The number of fused-ring (bicyclic) bond motifs is 1. The van der Waals surface area contributed by atoms with E-state index in [-0.39, 0.29) is 17.1 Å². The number of pyridine rings is 1. The zero-order valence-electron chi connectivity index (χ0n) is 21.2. The first-order valence-electron chi connectivity index (χ1n) is 12.1. The molecule has 0 aliphatic rings. The summed E-state index contributed by atoms with van der Waals surface area (Å²) in [6.07, 6.45) is 3.75. The lowest BCUT2D eigenvalue weighted by Crippen LogP contribution is -2.30. The van der Waals surface area contributed by atoms with Gasteiger partial charge < -0.3 is 4.57 Å². The number of hydrogen-bond acceptors (Lipinski definition) is 7. The van der Waals surface area contributed by atoms with Crippen molar-refractivity contribution in [2.45, 2.75) is 38.6 Å². The van der Waals surface area contributed by atoms with E-state index >= 15 is 0 Å². The Kier molecular flexibility index (Phi) is 6.73. The van der Waals surface area contributed by atoms with E-state index in [2.05, 4.69) is 21.5 Å². The van der Waals surface area contributed by atoms with Crippen molar-refractivity contribution < 1.29 is 13.2 Å². The molecule has 0 N–H and O–H groups in total. The van der Waals surface area contributed by atoms with E-state index in [4.69, 9.17) is 9.97 Å². The molecule has 2 aromatic carbocycles. The fourth-order valence-electron chi connectivity index (χ4n) is 4.49. The standard InChI is InChI=1S/C28H26N6O3S/c1-4-25-32-26-19(2)14-20(3)31-28(26)33(25)16-21-10-12-22(13-11-21)24-15-29-17-30-27(24)34(18-35)38(36,37)23-8-6-5-7-9-23/h5-15,17-18H,4,16H2,1-3H3. The van der Waals surface area contributed by atoms with Crippen LogP contribution in [0.5, 0.6) is 0 Å². The lowest BCUT2D eigenvalue weighted by Gasteiger charge is -2.19. The molecule has 0 spiro atoms. The van der Waals surface area contributed by atoms with Crippen molar-refractivity contribution in [1.29, 1.82) is 0 Å². The Balaban J connectivity index is 1.50. The van der Waals surface area contributed by atoms with Crippen molar-refractivity contribution in [3.8, 4) is 11.1 Å². The minimum Gasteiger partial charge on any atom is -0.308 e. The van der Waals surface area contributed by atoms with Gasteiger partial charge in [0.15, 0.2) is 11.5 Å². The number of carbonyl (C=O) groups excluding carboxylic acids is 1. The Morgan fingerprint density at radius 3 is 2.42 bits per heavy atom. The molecule has 0 fully saturated rings. The third-order valence-electron chi connectivity index (χ3n) is 6.32. The van der Waals surface area contributed by atoms with Crippen LogP contribution < -0.4 is 4.31 Å². The van der Waals surface area contributed by atoms with Crippen LogP contribution in [0.1, 0.15) is 29.6 Å². The normalized spacial score (nSPS) is 11.6. The zero-order valence-corrected chi connectivity index (χ0v) is 22.1. The number of carbonyl (C=O) groups is 1. The van der Waals surface area contributed by atoms with Gasteiger partial charge >= 0.3 is 0 Å². The molecular weight excluding hydrogens is 500 g/mol. The largest absolute Gasteiger partial charge is 0.308 e. The summed E-state index contributed by atoms with van der Waals surface area (Å²) < 4.78 is 29.2. The Hall–Kier alpha value is -4.44. The number of benzene rings is 2. The average Bonchev–Trinajstić information content (AvgIpc) is 3.28. The monoisotopic (exact) mass is 526 g/mol. The molecule has 0 atom stereocenters. The molecule has 0 radical (unpaired) electrons. The molecule has 0 bridgehead atoms. The first-order chi connectivity index (χ1) is 18.3. The SMILES string of the molecule is CCc1nc2c(C)cc(C)nc2n1Cc1ccc(-c2cncnc2N(C=O)S(=O)(=O)c2ccccc2)cc1. The topological polar surface area (TPSA) is 111 Å². The molecule has 3 aromatic heterocycles. The second-order valence-electron chi connectivity index (χ2n) is 8.90. The Morgan fingerprint density at radius 1 is 1.00 bits per heavy atom.